The quantitative estimate of drug-likeness (QED) is 0.831. The van der Waals surface area contributed by atoms with Gasteiger partial charge < -0.3 is 4.90 Å². The summed E-state index contributed by atoms with van der Waals surface area (Å²) in [6.45, 7) is 2.40. The van der Waals surface area contributed by atoms with E-state index in [-0.39, 0.29) is 17.2 Å². The molecule has 3 rings (SSSR count). The average Bonchev–Trinajstić information content (AvgIpc) is 3.25. The van der Waals surface area contributed by atoms with Crippen LogP contribution >= 0.6 is 23.2 Å². The monoisotopic (exact) mass is 361 g/mol. The first-order valence-corrected chi connectivity index (χ1v) is 9.75. The number of carbonyl (C=O) groups excluding carboxylic acids is 1. The fourth-order valence-corrected chi connectivity index (χ4v) is 4.91. The van der Waals surface area contributed by atoms with E-state index in [9.17, 15) is 13.2 Å². The largest absolute Gasteiger partial charge is 0.335 e. The van der Waals surface area contributed by atoms with Gasteiger partial charge in [0.15, 0.2) is 9.84 Å². The molecule has 22 heavy (non-hydrogen) atoms. The van der Waals surface area contributed by atoms with Crippen molar-refractivity contribution >= 4 is 38.9 Å². The predicted octanol–water partition coefficient (Wildman–Crippen LogP) is 3.02. The molecule has 1 amide bonds. The van der Waals surface area contributed by atoms with Gasteiger partial charge in [0.1, 0.15) is 5.75 Å². The van der Waals surface area contributed by atoms with Crippen LogP contribution < -0.4 is 0 Å². The summed E-state index contributed by atoms with van der Waals surface area (Å²) in [5.41, 5.74) is 2.01. The van der Waals surface area contributed by atoms with E-state index in [1.807, 2.05) is 13.0 Å². The van der Waals surface area contributed by atoms with Crippen molar-refractivity contribution in [2.24, 2.45) is 0 Å². The van der Waals surface area contributed by atoms with Crippen LogP contribution in [0.1, 0.15) is 36.9 Å². The van der Waals surface area contributed by atoms with Crippen LogP contribution in [0.25, 0.3) is 0 Å². The molecule has 4 nitrogen and oxygen atoms in total. The molecule has 120 valence electrons. The highest BCUT2D eigenvalue weighted by Crippen LogP contribution is 2.36. The van der Waals surface area contributed by atoms with E-state index in [0.717, 1.165) is 11.1 Å². The lowest BCUT2D eigenvalue weighted by Crippen LogP contribution is -2.42. The van der Waals surface area contributed by atoms with Gasteiger partial charge in [0, 0.05) is 6.54 Å². The number of fused-ring (bicyclic) bond motifs is 1. The highest BCUT2D eigenvalue weighted by molar-refractivity contribution is 7.93. The zero-order valence-corrected chi connectivity index (χ0v) is 14.5. The van der Waals surface area contributed by atoms with E-state index in [0.29, 0.717) is 35.9 Å². The predicted molar refractivity (Wildman–Crippen MR) is 87.1 cm³/mol. The summed E-state index contributed by atoms with van der Waals surface area (Å²) in [5, 5.41) is 0.646. The van der Waals surface area contributed by atoms with E-state index >= 15 is 0 Å². The molecule has 1 aromatic carbocycles. The Bertz CT molecular complexity index is 729. The second-order valence-electron chi connectivity index (χ2n) is 5.98. The van der Waals surface area contributed by atoms with Gasteiger partial charge >= 0.3 is 0 Å². The summed E-state index contributed by atoms with van der Waals surface area (Å²) in [7, 11) is -3.29. The topological polar surface area (TPSA) is 54.5 Å². The van der Waals surface area contributed by atoms with Crippen LogP contribution in [0.5, 0.6) is 0 Å². The first-order valence-electron chi connectivity index (χ1n) is 7.28. The second kappa shape index (κ2) is 5.69. The Morgan fingerprint density at radius 2 is 1.91 bits per heavy atom. The molecule has 1 aliphatic heterocycles. The van der Waals surface area contributed by atoms with E-state index in [1.54, 1.807) is 11.0 Å². The van der Waals surface area contributed by atoms with Gasteiger partial charge in [-0.2, -0.15) is 0 Å². The first kappa shape index (κ1) is 16.1. The van der Waals surface area contributed by atoms with E-state index in [1.165, 1.54) is 0 Å². The van der Waals surface area contributed by atoms with Crippen molar-refractivity contribution in [1.82, 2.24) is 4.90 Å². The number of nitrogens with zero attached hydrogens (tertiary/aromatic N) is 1. The maximum absolute atomic E-state index is 12.4. The molecule has 0 spiro atoms. The first-order chi connectivity index (χ1) is 10.3. The van der Waals surface area contributed by atoms with Crippen molar-refractivity contribution in [2.45, 2.75) is 37.5 Å². The molecule has 0 bridgehead atoms. The molecule has 1 fully saturated rings. The maximum Gasteiger partial charge on any atom is 0.238 e. The molecule has 1 unspecified atom stereocenters. The number of carbonyl (C=O) groups is 1. The number of sulfone groups is 1. The van der Waals surface area contributed by atoms with Gasteiger partial charge in [0.05, 0.1) is 21.3 Å². The minimum absolute atomic E-state index is 0.194. The Balaban J connectivity index is 1.81. The molecule has 0 saturated heterocycles. The van der Waals surface area contributed by atoms with Gasteiger partial charge in [-0.25, -0.2) is 8.42 Å². The number of hydrogen-bond donors (Lipinski definition) is 0. The highest BCUT2D eigenvalue weighted by atomic mass is 35.5. The Hall–Kier alpha value is -0.780. The van der Waals surface area contributed by atoms with Crippen LogP contribution in [0.15, 0.2) is 12.1 Å². The number of amides is 1. The van der Waals surface area contributed by atoms with Crippen molar-refractivity contribution in [3.8, 4) is 0 Å². The Kier molecular flexibility index (Phi) is 4.16. The molecule has 1 atom stereocenters. The molecule has 1 heterocycles. The van der Waals surface area contributed by atoms with Crippen LogP contribution in [-0.4, -0.2) is 36.8 Å². The summed E-state index contributed by atoms with van der Waals surface area (Å²) < 4.78 is 24.0. The highest BCUT2D eigenvalue weighted by Gasteiger charge is 2.39. The molecule has 1 aromatic rings. The van der Waals surface area contributed by atoms with Crippen molar-refractivity contribution < 1.29 is 13.2 Å². The summed E-state index contributed by atoms with van der Waals surface area (Å²) in [4.78, 5) is 14.0. The third-order valence-electron chi connectivity index (χ3n) is 4.40. The Labute approximate surface area is 140 Å². The molecule has 1 saturated carbocycles. The molecule has 2 aliphatic rings. The summed E-state index contributed by atoms with van der Waals surface area (Å²) in [5.74, 6) is -0.713. The lowest BCUT2D eigenvalue weighted by atomic mass is 9.93. The summed E-state index contributed by atoms with van der Waals surface area (Å²) >= 11 is 12.1. The third kappa shape index (κ3) is 2.99. The van der Waals surface area contributed by atoms with E-state index in [4.69, 9.17) is 23.2 Å². The molecule has 1 aliphatic carbocycles. The molecule has 7 heteroatoms. The summed E-state index contributed by atoms with van der Waals surface area (Å²) in [6, 6.07) is 3.41. The smallest absolute Gasteiger partial charge is 0.238 e. The van der Waals surface area contributed by atoms with Crippen LogP contribution in [0.2, 0.25) is 10.0 Å². The van der Waals surface area contributed by atoms with Crippen molar-refractivity contribution in [3.63, 3.8) is 0 Å². The number of benzene rings is 1. The number of halogens is 2. The molecule has 0 radical (unpaired) electrons. The minimum atomic E-state index is -3.29. The molecular weight excluding hydrogens is 345 g/mol. The lowest BCUT2D eigenvalue weighted by molar-refractivity contribution is -0.130. The van der Waals surface area contributed by atoms with Gasteiger partial charge in [0.25, 0.3) is 0 Å². The molecule has 0 aromatic heterocycles. The fraction of sp³-hybridized carbons (Fsp3) is 0.533. The normalized spacial score (nSPS) is 21.6. The standard InChI is InChI=1S/C15H17Cl2NO3S/c1-9-12-7-14(17)13(16)6-10(12)4-5-18(9)15(19)8-22(20,21)11-2-3-11/h6-7,9,11H,2-5,8H2,1H3. The zero-order chi connectivity index (χ0) is 16.1. The summed E-state index contributed by atoms with van der Waals surface area (Å²) in [6.07, 6.45) is 2.02. The second-order valence-corrected chi connectivity index (χ2v) is 9.08. The van der Waals surface area contributed by atoms with Gasteiger partial charge in [-0.15, -0.1) is 0 Å². The van der Waals surface area contributed by atoms with Gasteiger partial charge in [0.2, 0.25) is 5.91 Å². The van der Waals surface area contributed by atoms with Crippen molar-refractivity contribution in [3.05, 3.63) is 33.3 Å². The van der Waals surface area contributed by atoms with Crippen molar-refractivity contribution in [1.29, 1.82) is 0 Å². The zero-order valence-electron chi connectivity index (χ0n) is 12.2. The number of hydrogen-bond acceptors (Lipinski definition) is 3. The minimum Gasteiger partial charge on any atom is -0.335 e. The molecular formula is C15H17Cl2NO3S. The van der Waals surface area contributed by atoms with Crippen LogP contribution in [0.4, 0.5) is 0 Å². The average molecular weight is 362 g/mol. The number of rotatable bonds is 3. The third-order valence-corrected chi connectivity index (χ3v) is 7.26. The van der Waals surface area contributed by atoms with Gasteiger partial charge in [-0.05, 0) is 49.4 Å². The Morgan fingerprint density at radius 3 is 2.55 bits per heavy atom. The maximum atomic E-state index is 12.4. The van der Waals surface area contributed by atoms with Gasteiger partial charge in [-0.3, -0.25) is 4.79 Å². The van der Waals surface area contributed by atoms with Crippen LogP contribution in [0, 0.1) is 0 Å². The van der Waals surface area contributed by atoms with E-state index < -0.39 is 15.6 Å². The van der Waals surface area contributed by atoms with Crippen molar-refractivity contribution in [2.75, 3.05) is 12.3 Å². The SMILES string of the molecule is CC1c2cc(Cl)c(Cl)cc2CCN1C(=O)CS(=O)(=O)C1CC1. The Morgan fingerprint density at radius 1 is 1.27 bits per heavy atom. The lowest BCUT2D eigenvalue weighted by Gasteiger charge is -2.35. The fourth-order valence-electron chi connectivity index (χ4n) is 2.95. The molecule has 0 N–H and O–H groups in total. The van der Waals surface area contributed by atoms with Crippen LogP contribution in [0.3, 0.4) is 0 Å². The van der Waals surface area contributed by atoms with Crippen LogP contribution in [-0.2, 0) is 21.1 Å². The van der Waals surface area contributed by atoms with Gasteiger partial charge in [-0.1, -0.05) is 23.2 Å². The van der Waals surface area contributed by atoms with E-state index in [2.05, 4.69) is 0 Å².